The molecule has 2 N–H and O–H groups in total. The van der Waals surface area contributed by atoms with Gasteiger partial charge in [-0.2, -0.15) is 4.98 Å². The standard InChI is InChI=1S/C9H13N5O/c1-7-8(12-5-11-7)4-10-3-2-9-13-6-14-15-9/h5-6,10H,2-4H2,1H3,(H,11,12). The van der Waals surface area contributed by atoms with Gasteiger partial charge in [-0.3, -0.25) is 0 Å². The molecular formula is C9H13N5O. The van der Waals surface area contributed by atoms with Crippen LogP contribution in [0.3, 0.4) is 0 Å². The molecule has 6 nitrogen and oxygen atoms in total. The fourth-order valence-corrected chi connectivity index (χ4v) is 1.27. The van der Waals surface area contributed by atoms with Crippen LogP contribution in [0.2, 0.25) is 0 Å². The number of nitrogens with zero attached hydrogens (tertiary/aromatic N) is 3. The molecule has 6 heteroatoms. The molecule has 0 spiro atoms. The molecule has 0 atom stereocenters. The minimum absolute atomic E-state index is 0.654. The molecule has 0 amide bonds. The summed E-state index contributed by atoms with van der Waals surface area (Å²) in [5.74, 6) is 0.654. The first-order valence-corrected chi connectivity index (χ1v) is 4.81. The normalized spacial score (nSPS) is 10.7. The van der Waals surface area contributed by atoms with E-state index < -0.39 is 0 Å². The van der Waals surface area contributed by atoms with Crippen LogP contribution in [-0.4, -0.2) is 26.7 Å². The second kappa shape index (κ2) is 4.70. The zero-order valence-electron chi connectivity index (χ0n) is 8.53. The third-order valence-electron chi connectivity index (χ3n) is 2.15. The van der Waals surface area contributed by atoms with E-state index in [1.807, 2.05) is 6.92 Å². The van der Waals surface area contributed by atoms with Crippen LogP contribution in [-0.2, 0) is 13.0 Å². The van der Waals surface area contributed by atoms with Crippen molar-refractivity contribution in [3.05, 3.63) is 29.9 Å². The molecular weight excluding hydrogens is 194 g/mol. The molecule has 2 aromatic rings. The molecule has 2 heterocycles. The van der Waals surface area contributed by atoms with Crippen LogP contribution < -0.4 is 5.32 Å². The van der Waals surface area contributed by atoms with Gasteiger partial charge in [-0.15, -0.1) is 0 Å². The van der Waals surface area contributed by atoms with E-state index in [9.17, 15) is 0 Å². The van der Waals surface area contributed by atoms with Crippen molar-refractivity contribution < 1.29 is 4.52 Å². The highest BCUT2D eigenvalue weighted by Gasteiger charge is 2.01. The van der Waals surface area contributed by atoms with Crippen LogP contribution in [0.25, 0.3) is 0 Å². The van der Waals surface area contributed by atoms with Crippen molar-refractivity contribution >= 4 is 0 Å². The maximum atomic E-state index is 4.87. The highest BCUT2D eigenvalue weighted by Crippen LogP contribution is 1.99. The third kappa shape index (κ3) is 2.63. The minimum atomic E-state index is 0.654. The lowest BCUT2D eigenvalue weighted by Crippen LogP contribution is -2.17. The van der Waals surface area contributed by atoms with Gasteiger partial charge in [0, 0.05) is 25.2 Å². The molecule has 80 valence electrons. The Morgan fingerprint density at radius 1 is 1.47 bits per heavy atom. The van der Waals surface area contributed by atoms with Crippen LogP contribution in [0.15, 0.2) is 17.2 Å². The Labute approximate surface area is 87.1 Å². The van der Waals surface area contributed by atoms with Crippen molar-refractivity contribution in [1.82, 2.24) is 25.4 Å². The molecule has 0 fully saturated rings. The average Bonchev–Trinajstić information content (AvgIpc) is 2.85. The highest BCUT2D eigenvalue weighted by molar-refractivity contribution is 5.07. The van der Waals surface area contributed by atoms with Gasteiger partial charge in [0.1, 0.15) is 0 Å². The van der Waals surface area contributed by atoms with E-state index in [-0.39, 0.29) is 0 Å². The van der Waals surface area contributed by atoms with Gasteiger partial charge < -0.3 is 14.8 Å². The quantitative estimate of drug-likeness (QED) is 0.695. The van der Waals surface area contributed by atoms with Crippen molar-refractivity contribution in [3.8, 4) is 0 Å². The van der Waals surface area contributed by atoms with Crippen molar-refractivity contribution in [1.29, 1.82) is 0 Å². The zero-order chi connectivity index (χ0) is 10.5. The molecule has 0 saturated heterocycles. The summed E-state index contributed by atoms with van der Waals surface area (Å²) in [6.07, 6.45) is 3.85. The van der Waals surface area contributed by atoms with E-state index in [2.05, 4.69) is 25.4 Å². The van der Waals surface area contributed by atoms with E-state index in [4.69, 9.17) is 4.52 Å². The summed E-state index contributed by atoms with van der Waals surface area (Å²) in [7, 11) is 0. The highest BCUT2D eigenvalue weighted by atomic mass is 16.5. The van der Waals surface area contributed by atoms with E-state index in [0.717, 1.165) is 30.9 Å². The first kappa shape index (κ1) is 9.85. The molecule has 2 aromatic heterocycles. The Morgan fingerprint density at radius 2 is 2.40 bits per heavy atom. The number of H-pyrrole nitrogens is 1. The summed E-state index contributed by atoms with van der Waals surface area (Å²) in [4.78, 5) is 11.1. The monoisotopic (exact) mass is 207 g/mol. The third-order valence-corrected chi connectivity index (χ3v) is 2.15. The first-order chi connectivity index (χ1) is 7.36. The molecule has 0 aliphatic heterocycles. The Bertz CT molecular complexity index is 394. The lowest BCUT2D eigenvalue weighted by Gasteiger charge is -2.00. The fraction of sp³-hybridized carbons (Fsp3) is 0.444. The van der Waals surface area contributed by atoms with Crippen LogP contribution >= 0.6 is 0 Å². The van der Waals surface area contributed by atoms with Gasteiger partial charge in [0.15, 0.2) is 6.33 Å². The predicted octanol–water partition coefficient (Wildman–Crippen LogP) is 0.433. The molecule has 0 saturated carbocycles. The summed E-state index contributed by atoms with van der Waals surface area (Å²) < 4.78 is 4.87. The minimum Gasteiger partial charge on any atom is -0.348 e. The Balaban J connectivity index is 1.70. The predicted molar refractivity (Wildman–Crippen MR) is 53.0 cm³/mol. The number of aromatic amines is 1. The lowest BCUT2D eigenvalue weighted by molar-refractivity contribution is 0.374. The van der Waals surface area contributed by atoms with E-state index in [0.29, 0.717) is 5.89 Å². The molecule has 0 unspecified atom stereocenters. The second-order valence-corrected chi connectivity index (χ2v) is 3.24. The van der Waals surface area contributed by atoms with Crippen LogP contribution in [0.1, 0.15) is 17.3 Å². The van der Waals surface area contributed by atoms with E-state index in [1.165, 1.54) is 6.33 Å². The SMILES string of the molecule is Cc1[nH]cnc1CNCCc1ncno1. The zero-order valence-corrected chi connectivity index (χ0v) is 8.53. The van der Waals surface area contributed by atoms with Crippen LogP contribution in [0, 0.1) is 6.92 Å². The maximum Gasteiger partial charge on any atom is 0.227 e. The van der Waals surface area contributed by atoms with Crippen LogP contribution in [0.5, 0.6) is 0 Å². The number of aromatic nitrogens is 4. The molecule has 0 bridgehead atoms. The van der Waals surface area contributed by atoms with Gasteiger partial charge in [0.05, 0.1) is 12.0 Å². The molecule has 15 heavy (non-hydrogen) atoms. The van der Waals surface area contributed by atoms with E-state index in [1.54, 1.807) is 6.33 Å². The number of rotatable bonds is 5. The maximum absolute atomic E-state index is 4.87. The number of nitrogens with one attached hydrogen (secondary N) is 2. The molecule has 0 aliphatic carbocycles. The summed E-state index contributed by atoms with van der Waals surface area (Å²) in [5.41, 5.74) is 2.14. The van der Waals surface area contributed by atoms with E-state index >= 15 is 0 Å². The van der Waals surface area contributed by atoms with Gasteiger partial charge in [0.25, 0.3) is 0 Å². The van der Waals surface area contributed by atoms with Crippen molar-refractivity contribution in [3.63, 3.8) is 0 Å². The Morgan fingerprint density at radius 3 is 3.07 bits per heavy atom. The number of aryl methyl sites for hydroxylation is 1. The van der Waals surface area contributed by atoms with Gasteiger partial charge in [-0.1, -0.05) is 5.16 Å². The van der Waals surface area contributed by atoms with Gasteiger partial charge >= 0.3 is 0 Å². The first-order valence-electron chi connectivity index (χ1n) is 4.81. The molecule has 2 rings (SSSR count). The largest absolute Gasteiger partial charge is 0.348 e. The van der Waals surface area contributed by atoms with Gasteiger partial charge in [-0.25, -0.2) is 4.98 Å². The van der Waals surface area contributed by atoms with Crippen molar-refractivity contribution in [2.24, 2.45) is 0 Å². The molecule has 0 aliphatic rings. The average molecular weight is 207 g/mol. The molecule has 0 radical (unpaired) electrons. The van der Waals surface area contributed by atoms with Crippen LogP contribution in [0.4, 0.5) is 0 Å². The lowest BCUT2D eigenvalue weighted by atomic mass is 10.3. The molecule has 0 aromatic carbocycles. The summed E-state index contributed by atoms with van der Waals surface area (Å²) in [6.45, 7) is 3.56. The van der Waals surface area contributed by atoms with Crippen molar-refractivity contribution in [2.75, 3.05) is 6.54 Å². The Kier molecular flexibility index (Phi) is 3.08. The topological polar surface area (TPSA) is 79.6 Å². The Hall–Kier alpha value is -1.69. The summed E-state index contributed by atoms with van der Waals surface area (Å²) in [5, 5.41) is 6.79. The fourth-order valence-electron chi connectivity index (χ4n) is 1.27. The number of hydrogen-bond donors (Lipinski definition) is 2. The van der Waals surface area contributed by atoms with Crippen molar-refractivity contribution in [2.45, 2.75) is 19.9 Å². The van der Waals surface area contributed by atoms with Gasteiger partial charge in [-0.05, 0) is 6.92 Å². The second-order valence-electron chi connectivity index (χ2n) is 3.24. The summed E-state index contributed by atoms with van der Waals surface area (Å²) in [6, 6.07) is 0. The smallest absolute Gasteiger partial charge is 0.227 e. The number of imidazole rings is 1. The van der Waals surface area contributed by atoms with Gasteiger partial charge in [0.2, 0.25) is 5.89 Å². The number of hydrogen-bond acceptors (Lipinski definition) is 5. The summed E-state index contributed by atoms with van der Waals surface area (Å²) >= 11 is 0.